The third-order valence-corrected chi connectivity index (χ3v) is 3.56. The average molecular weight is 317 g/mol. The first kappa shape index (κ1) is 16.0. The molecule has 2 rings (SSSR count). The van der Waals surface area contributed by atoms with Crippen LogP contribution in [-0.2, 0) is 11.3 Å². The van der Waals surface area contributed by atoms with Crippen molar-refractivity contribution in [2.24, 2.45) is 10.7 Å². The van der Waals surface area contributed by atoms with Gasteiger partial charge in [0, 0.05) is 31.0 Å². The molecule has 0 unspecified atom stereocenters. The van der Waals surface area contributed by atoms with E-state index in [9.17, 15) is 4.79 Å². The van der Waals surface area contributed by atoms with Crippen molar-refractivity contribution < 1.29 is 4.79 Å². The predicted molar refractivity (Wildman–Crippen MR) is 90.0 cm³/mol. The van der Waals surface area contributed by atoms with E-state index in [2.05, 4.69) is 20.6 Å². The van der Waals surface area contributed by atoms with Crippen LogP contribution in [0.25, 0.3) is 11.3 Å². The van der Waals surface area contributed by atoms with Gasteiger partial charge >= 0.3 is 0 Å². The van der Waals surface area contributed by atoms with E-state index >= 15 is 0 Å². The summed E-state index contributed by atoms with van der Waals surface area (Å²) >= 11 is 1.43. The van der Waals surface area contributed by atoms with E-state index in [0.29, 0.717) is 17.6 Å². The highest BCUT2D eigenvalue weighted by Crippen LogP contribution is 2.27. The summed E-state index contributed by atoms with van der Waals surface area (Å²) in [5.41, 5.74) is 8.58. The number of hydrogen-bond donors (Lipinski definition) is 3. The van der Waals surface area contributed by atoms with E-state index in [4.69, 9.17) is 5.73 Å². The number of aliphatic imine (C=N–C) groups is 1. The predicted octanol–water partition coefficient (Wildman–Crippen LogP) is 2.00. The van der Waals surface area contributed by atoms with Crippen LogP contribution in [0.4, 0.5) is 5.13 Å². The van der Waals surface area contributed by atoms with Crippen LogP contribution in [0.3, 0.4) is 0 Å². The minimum absolute atomic E-state index is 0.0467. The van der Waals surface area contributed by atoms with Gasteiger partial charge in [0.25, 0.3) is 0 Å². The first-order valence-electron chi connectivity index (χ1n) is 6.95. The second kappa shape index (κ2) is 7.56. The molecule has 0 spiro atoms. The number of nitrogens with one attached hydrogen (secondary N) is 2. The molecule has 1 heterocycles. The Balaban J connectivity index is 2.15. The molecule has 0 saturated carbocycles. The van der Waals surface area contributed by atoms with Gasteiger partial charge in [0.1, 0.15) is 0 Å². The average Bonchev–Trinajstić information content (AvgIpc) is 2.94. The lowest BCUT2D eigenvalue weighted by molar-refractivity contribution is -0.119. The van der Waals surface area contributed by atoms with Gasteiger partial charge < -0.3 is 16.4 Å². The molecule has 0 bridgehead atoms. The lowest BCUT2D eigenvalue weighted by atomic mass is 10.1. The van der Waals surface area contributed by atoms with Gasteiger partial charge in [-0.05, 0) is 18.6 Å². The molecular weight excluding hydrogens is 298 g/mol. The molecule has 0 aliphatic heterocycles. The highest BCUT2D eigenvalue weighted by molar-refractivity contribution is 7.13. The van der Waals surface area contributed by atoms with Crippen LogP contribution in [-0.4, -0.2) is 23.4 Å². The first-order valence-corrected chi connectivity index (χ1v) is 7.83. The fourth-order valence-electron chi connectivity index (χ4n) is 1.84. The summed E-state index contributed by atoms with van der Waals surface area (Å²) in [7, 11) is 0. The summed E-state index contributed by atoms with van der Waals surface area (Å²) in [6.45, 7) is 4.68. The zero-order valence-corrected chi connectivity index (χ0v) is 13.4. The van der Waals surface area contributed by atoms with Crippen LogP contribution in [0.2, 0.25) is 0 Å². The largest absolute Gasteiger partial charge is 0.370 e. The number of amides is 1. The molecule has 6 nitrogen and oxygen atoms in total. The number of carbonyl (C=O) groups is 1. The molecule has 0 fully saturated rings. The summed E-state index contributed by atoms with van der Waals surface area (Å²) in [5.74, 6) is 0.317. The summed E-state index contributed by atoms with van der Waals surface area (Å²) in [6, 6.07) is 7.90. The first-order chi connectivity index (χ1) is 10.6. The Labute approximate surface area is 133 Å². The normalized spacial score (nSPS) is 11.3. The Kier molecular flexibility index (Phi) is 5.48. The van der Waals surface area contributed by atoms with E-state index < -0.39 is 0 Å². The van der Waals surface area contributed by atoms with Crippen LogP contribution >= 0.6 is 11.3 Å². The Hall–Kier alpha value is -2.41. The van der Waals surface area contributed by atoms with Crippen LogP contribution in [0.5, 0.6) is 0 Å². The van der Waals surface area contributed by atoms with Gasteiger partial charge in [-0.1, -0.05) is 18.2 Å². The lowest BCUT2D eigenvalue weighted by Gasteiger charge is -2.04. The summed E-state index contributed by atoms with van der Waals surface area (Å²) < 4.78 is 0. The minimum atomic E-state index is -0.0467. The zero-order valence-electron chi connectivity index (χ0n) is 12.6. The molecule has 0 saturated heterocycles. The second-order valence-electron chi connectivity index (χ2n) is 4.65. The molecule has 22 heavy (non-hydrogen) atoms. The van der Waals surface area contributed by atoms with Gasteiger partial charge in [-0.15, -0.1) is 11.3 Å². The van der Waals surface area contributed by atoms with Gasteiger partial charge in [-0.2, -0.15) is 4.99 Å². The van der Waals surface area contributed by atoms with E-state index in [1.54, 1.807) is 0 Å². The molecule has 0 aliphatic rings. The SMILES string of the molecule is CCN/C(N)=N/c1nc(-c2cccc(CNC(C)=O)c2)cs1. The van der Waals surface area contributed by atoms with Crippen LogP contribution < -0.4 is 16.4 Å². The van der Waals surface area contributed by atoms with E-state index in [1.165, 1.54) is 18.3 Å². The number of rotatable bonds is 5. The van der Waals surface area contributed by atoms with Crippen molar-refractivity contribution in [3.05, 3.63) is 35.2 Å². The number of benzene rings is 1. The molecule has 1 amide bonds. The maximum Gasteiger partial charge on any atom is 0.217 e. The van der Waals surface area contributed by atoms with Crippen LogP contribution in [0, 0.1) is 0 Å². The zero-order chi connectivity index (χ0) is 15.9. The molecule has 1 aromatic heterocycles. The molecule has 0 atom stereocenters. The number of hydrogen-bond acceptors (Lipinski definition) is 4. The molecule has 2 aromatic rings. The Morgan fingerprint density at radius 1 is 1.41 bits per heavy atom. The summed E-state index contributed by atoms with van der Waals surface area (Å²) in [5, 5.41) is 8.27. The van der Waals surface area contributed by atoms with Crippen molar-refractivity contribution in [2.45, 2.75) is 20.4 Å². The van der Waals surface area contributed by atoms with E-state index in [0.717, 1.165) is 23.4 Å². The van der Waals surface area contributed by atoms with Crippen molar-refractivity contribution in [2.75, 3.05) is 6.54 Å². The molecular formula is C15H19N5OS. The Morgan fingerprint density at radius 2 is 2.23 bits per heavy atom. The molecule has 0 aliphatic carbocycles. The van der Waals surface area contributed by atoms with Gasteiger partial charge in [0.2, 0.25) is 11.0 Å². The standard InChI is InChI=1S/C15H19N5OS/c1-3-17-14(16)20-15-19-13(9-22-15)12-6-4-5-11(7-12)8-18-10(2)21/h4-7,9H,3,8H2,1-2H3,(H,18,21)(H3,16,17,19,20). The minimum Gasteiger partial charge on any atom is -0.370 e. The molecule has 0 radical (unpaired) electrons. The number of aromatic nitrogens is 1. The van der Waals surface area contributed by atoms with Gasteiger partial charge in [-0.3, -0.25) is 4.79 Å². The Bertz CT molecular complexity index is 680. The van der Waals surface area contributed by atoms with Gasteiger partial charge in [0.15, 0.2) is 5.96 Å². The molecule has 7 heteroatoms. The van der Waals surface area contributed by atoms with E-state index in [-0.39, 0.29) is 5.91 Å². The maximum atomic E-state index is 11.0. The number of nitrogens with two attached hydrogens (primary N) is 1. The second-order valence-corrected chi connectivity index (χ2v) is 5.49. The van der Waals surface area contributed by atoms with Gasteiger partial charge in [-0.25, -0.2) is 4.98 Å². The Morgan fingerprint density at radius 3 is 2.95 bits per heavy atom. The van der Waals surface area contributed by atoms with E-state index in [1.807, 2.05) is 36.6 Å². The highest BCUT2D eigenvalue weighted by atomic mass is 32.1. The van der Waals surface area contributed by atoms with Crippen molar-refractivity contribution >= 4 is 28.3 Å². The monoisotopic (exact) mass is 317 g/mol. The van der Waals surface area contributed by atoms with Crippen LogP contribution in [0.15, 0.2) is 34.6 Å². The molecule has 1 aromatic carbocycles. The highest BCUT2D eigenvalue weighted by Gasteiger charge is 2.05. The number of carbonyl (C=O) groups excluding carboxylic acids is 1. The van der Waals surface area contributed by atoms with Crippen molar-refractivity contribution in [3.8, 4) is 11.3 Å². The third kappa shape index (κ3) is 4.56. The molecule has 116 valence electrons. The number of thiazole rings is 1. The number of nitrogens with zero attached hydrogens (tertiary/aromatic N) is 2. The lowest BCUT2D eigenvalue weighted by Crippen LogP contribution is -2.30. The summed E-state index contributed by atoms with van der Waals surface area (Å²) in [4.78, 5) is 19.7. The third-order valence-electron chi connectivity index (χ3n) is 2.83. The fraction of sp³-hybridized carbons (Fsp3) is 0.267. The topological polar surface area (TPSA) is 92.4 Å². The molecule has 4 N–H and O–H groups in total. The maximum absolute atomic E-state index is 11.0. The number of guanidine groups is 1. The summed E-state index contributed by atoms with van der Waals surface area (Å²) in [6.07, 6.45) is 0. The van der Waals surface area contributed by atoms with Crippen molar-refractivity contribution in [1.29, 1.82) is 0 Å². The van der Waals surface area contributed by atoms with Crippen molar-refractivity contribution in [3.63, 3.8) is 0 Å². The quantitative estimate of drug-likeness (QED) is 0.581. The van der Waals surface area contributed by atoms with Crippen molar-refractivity contribution in [1.82, 2.24) is 15.6 Å². The van der Waals surface area contributed by atoms with Gasteiger partial charge in [0.05, 0.1) is 5.69 Å². The van der Waals surface area contributed by atoms with Crippen LogP contribution in [0.1, 0.15) is 19.4 Å². The fourth-order valence-corrected chi connectivity index (χ4v) is 2.55. The smallest absolute Gasteiger partial charge is 0.217 e.